The summed E-state index contributed by atoms with van der Waals surface area (Å²) in [7, 11) is 1.84. The van der Waals surface area contributed by atoms with Crippen molar-refractivity contribution in [2.45, 2.75) is 26.4 Å². The summed E-state index contributed by atoms with van der Waals surface area (Å²) >= 11 is 6.29. The molecule has 0 atom stereocenters. The summed E-state index contributed by atoms with van der Waals surface area (Å²) in [6.07, 6.45) is 8.26. The molecule has 4 heterocycles. The van der Waals surface area contributed by atoms with Gasteiger partial charge in [0.2, 0.25) is 0 Å². The van der Waals surface area contributed by atoms with Crippen LogP contribution in [0.4, 0.5) is 0 Å². The summed E-state index contributed by atoms with van der Waals surface area (Å²) in [5.41, 5.74) is 2.49. The van der Waals surface area contributed by atoms with E-state index in [-0.39, 0.29) is 0 Å². The van der Waals surface area contributed by atoms with E-state index in [9.17, 15) is 0 Å². The van der Waals surface area contributed by atoms with Crippen LogP contribution in [0.5, 0.6) is 0 Å². The first-order valence-corrected chi connectivity index (χ1v) is 8.56. The van der Waals surface area contributed by atoms with Crippen molar-refractivity contribution in [1.29, 1.82) is 0 Å². The molecule has 0 aliphatic carbocycles. The molecule has 0 aliphatic rings. The van der Waals surface area contributed by atoms with Crippen molar-refractivity contribution >= 4 is 22.8 Å². The van der Waals surface area contributed by atoms with Gasteiger partial charge < -0.3 is 9.13 Å². The minimum atomic E-state index is 0.582. The molecule has 0 fully saturated rings. The quantitative estimate of drug-likeness (QED) is 0.551. The largest absolute Gasteiger partial charge is 0.322 e. The molecule has 0 unspecified atom stereocenters. The normalized spacial score (nSPS) is 11.5. The van der Waals surface area contributed by atoms with Crippen molar-refractivity contribution < 1.29 is 0 Å². The average Bonchev–Trinajstić information content (AvgIpc) is 3.27. The van der Waals surface area contributed by atoms with Gasteiger partial charge in [0, 0.05) is 38.4 Å². The Morgan fingerprint density at radius 2 is 2.08 bits per heavy atom. The molecule has 0 spiro atoms. The topological polar surface area (TPSA) is 66.3 Å². The third-order valence-electron chi connectivity index (χ3n) is 4.05. The predicted molar refractivity (Wildman–Crippen MR) is 96.4 cm³/mol. The monoisotopic (exact) mass is 355 g/mol. The van der Waals surface area contributed by atoms with E-state index >= 15 is 0 Å². The maximum absolute atomic E-state index is 6.29. The summed E-state index contributed by atoms with van der Waals surface area (Å²) in [5.74, 6) is 1.68. The van der Waals surface area contributed by atoms with Gasteiger partial charge in [0.15, 0.2) is 11.5 Å². The smallest absolute Gasteiger partial charge is 0.162 e. The second kappa shape index (κ2) is 6.33. The van der Waals surface area contributed by atoms with Gasteiger partial charge in [-0.1, -0.05) is 18.5 Å². The van der Waals surface area contributed by atoms with Crippen LogP contribution in [0.1, 0.15) is 19.2 Å². The molecule has 4 aromatic heterocycles. The van der Waals surface area contributed by atoms with Crippen molar-refractivity contribution in [3.05, 3.63) is 47.8 Å². The Morgan fingerprint density at radius 1 is 1.20 bits per heavy atom. The van der Waals surface area contributed by atoms with Crippen LogP contribution in [0.2, 0.25) is 5.02 Å². The number of hydrogen-bond donors (Lipinski definition) is 0. The highest BCUT2D eigenvalue weighted by atomic mass is 35.5. The summed E-state index contributed by atoms with van der Waals surface area (Å²) < 4.78 is 5.87. The van der Waals surface area contributed by atoms with Gasteiger partial charge in [-0.25, -0.2) is 15.0 Å². The van der Waals surface area contributed by atoms with Gasteiger partial charge in [-0.05, 0) is 18.6 Å². The number of aromatic nitrogens is 7. The number of aryl methyl sites for hydroxylation is 2. The van der Waals surface area contributed by atoms with E-state index < -0.39 is 0 Å². The minimum absolute atomic E-state index is 0.582. The van der Waals surface area contributed by atoms with E-state index in [0.29, 0.717) is 17.3 Å². The number of fused-ring (bicyclic) bond motifs is 1. The molecular formula is C17H18ClN7. The van der Waals surface area contributed by atoms with Crippen LogP contribution in [0, 0.1) is 0 Å². The van der Waals surface area contributed by atoms with Crippen LogP contribution in [0.15, 0.2) is 36.9 Å². The second-order valence-electron chi connectivity index (χ2n) is 5.90. The Morgan fingerprint density at radius 3 is 2.84 bits per heavy atom. The molecule has 8 heteroatoms. The zero-order valence-electron chi connectivity index (χ0n) is 14.1. The highest BCUT2D eigenvalue weighted by Crippen LogP contribution is 2.25. The highest BCUT2D eigenvalue weighted by Gasteiger charge is 2.17. The average molecular weight is 356 g/mol. The van der Waals surface area contributed by atoms with Crippen molar-refractivity contribution in [3.8, 4) is 11.5 Å². The van der Waals surface area contributed by atoms with E-state index in [0.717, 1.165) is 35.8 Å². The van der Waals surface area contributed by atoms with Gasteiger partial charge >= 0.3 is 0 Å². The maximum Gasteiger partial charge on any atom is 0.162 e. The molecule has 4 aromatic rings. The zero-order chi connectivity index (χ0) is 17.4. The lowest BCUT2D eigenvalue weighted by atomic mass is 10.4. The van der Waals surface area contributed by atoms with Gasteiger partial charge in [0.25, 0.3) is 0 Å². The SMILES string of the molecule is CCCn1c(Cn2ccnc2-c2nn(C)cc2Cl)nc2cccnc21. The fourth-order valence-corrected chi connectivity index (χ4v) is 3.27. The second-order valence-corrected chi connectivity index (χ2v) is 6.31. The molecular weight excluding hydrogens is 338 g/mol. The third kappa shape index (κ3) is 2.80. The lowest BCUT2D eigenvalue weighted by molar-refractivity contribution is 0.623. The van der Waals surface area contributed by atoms with E-state index in [1.807, 2.05) is 29.9 Å². The molecule has 4 rings (SSSR count). The Hall–Kier alpha value is -2.67. The predicted octanol–water partition coefficient (Wildman–Crippen LogP) is 3.14. The fourth-order valence-electron chi connectivity index (χ4n) is 3.00. The first kappa shape index (κ1) is 15.8. The molecule has 0 aliphatic heterocycles. The van der Waals surface area contributed by atoms with Gasteiger partial charge in [-0.2, -0.15) is 5.10 Å². The molecule has 0 saturated heterocycles. The number of imidazole rings is 2. The number of hydrogen-bond acceptors (Lipinski definition) is 4. The fraction of sp³-hybridized carbons (Fsp3) is 0.294. The molecule has 0 radical (unpaired) electrons. The Kier molecular flexibility index (Phi) is 4.01. The van der Waals surface area contributed by atoms with E-state index in [4.69, 9.17) is 16.6 Å². The van der Waals surface area contributed by atoms with Crippen molar-refractivity contribution in [3.63, 3.8) is 0 Å². The van der Waals surface area contributed by atoms with Crippen molar-refractivity contribution in [1.82, 2.24) is 33.9 Å². The number of pyridine rings is 1. The molecule has 0 amide bonds. The Balaban J connectivity index is 1.77. The molecule has 0 N–H and O–H groups in total. The van der Waals surface area contributed by atoms with Gasteiger partial charge in [-0.3, -0.25) is 4.68 Å². The van der Waals surface area contributed by atoms with Crippen LogP contribution in [-0.4, -0.2) is 33.9 Å². The van der Waals surface area contributed by atoms with Gasteiger partial charge in [0.05, 0.1) is 11.6 Å². The number of nitrogens with zero attached hydrogens (tertiary/aromatic N) is 7. The minimum Gasteiger partial charge on any atom is -0.322 e. The third-order valence-corrected chi connectivity index (χ3v) is 4.33. The first-order chi connectivity index (χ1) is 12.2. The standard InChI is InChI=1S/C17H18ClN7/c1-3-8-25-14(21-13-5-4-6-19-16(13)25)11-24-9-7-20-17(24)15-12(18)10-23(2)22-15/h4-7,9-10H,3,8,11H2,1-2H3. The summed E-state index contributed by atoms with van der Waals surface area (Å²) in [5, 5.41) is 5.00. The lowest BCUT2D eigenvalue weighted by Gasteiger charge is -2.09. The first-order valence-electron chi connectivity index (χ1n) is 8.18. The molecule has 7 nitrogen and oxygen atoms in total. The summed E-state index contributed by atoms with van der Waals surface area (Å²) in [6.45, 7) is 3.60. The molecule has 0 saturated carbocycles. The van der Waals surface area contributed by atoms with Crippen molar-refractivity contribution in [2.24, 2.45) is 7.05 Å². The van der Waals surface area contributed by atoms with Crippen LogP contribution in [0.3, 0.4) is 0 Å². The lowest BCUT2D eigenvalue weighted by Crippen LogP contribution is -2.10. The van der Waals surface area contributed by atoms with Crippen LogP contribution in [0.25, 0.3) is 22.7 Å². The van der Waals surface area contributed by atoms with Crippen LogP contribution >= 0.6 is 11.6 Å². The van der Waals surface area contributed by atoms with Gasteiger partial charge in [0.1, 0.15) is 17.0 Å². The Bertz CT molecular complexity index is 1030. The van der Waals surface area contributed by atoms with E-state index in [1.165, 1.54) is 0 Å². The summed E-state index contributed by atoms with van der Waals surface area (Å²) in [4.78, 5) is 13.7. The molecule has 25 heavy (non-hydrogen) atoms. The number of halogens is 1. The van der Waals surface area contributed by atoms with Crippen LogP contribution in [-0.2, 0) is 20.1 Å². The summed E-state index contributed by atoms with van der Waals surface area (Å²) in [6, 6.07) is 3.90. The van der Waals surface area contributed by atoms with Crippen molar-refractivity contribution in [2.75, 3.05) is 0 Å². The Labute approximate surface area is 149 Å². The van der Waals surface area contributed by atoms with Crippen LogP contribution < -0.4 is 0 Å². The van der Waals surface area contributed by atoms with Gasteiger partial charge in [-0.15, -0.1) is 0 Å². The highest BCUT2D eigenvalue weighted by molar-refractivity contribution is 6.32. The number of rotatable bonds is 5. The maximum atomic E-state index is 6.29. The molecule has 128 valence electrons. The van der Waals surface area contributed by atoms with E-state index in [1.54, 1.807) is 23.3 Å². The molecule has 0 bridgehead atoms. The molecule has 0 aromatic carbocycles. The van der Waals surface area contributed by atoms with E-state index in [2.05, 4.69) is 26.6 Å². The zero-order valence-corrected chi connectivity index (χ0v) is 14.8.